The quantitative estimate of drug-likeness (QED) is 0.306. The lowest BCUT2D eigenvalue weighted by atomic mass is 9.89. The molecule has 1 aromatic heterocycles. The van der Waals surface area contributed by atoms with Gasteiger partial charge in [0.2, 0.25) is 0 Å². The molecule has 3 aromatic rings. The van der Waals surface area contributed by atoms with Crippen LogP contribution in [0, 0.1) is 18.6 Å². The van der Waals surface area contributed by atoms with Crippen molar-refractivity contribution in [2.75, 3.05) is 25.1 Å². The molecule has 0 aliphatic carbocycles. The molecule has 0 saturated carbocycles. The molecule has 0 spiro atoms. The molecule has 10 heteroatoms. The van der Waals surface area contributed by atoms with Crippen molar-refractivity contribution < 1.29 is 23.1 Å². The average Bonchev–Trinajstić information content (AvgIpc) is 3.30. The van der Waals surface area contributed by atoms with E-state index < -0.39 is 23.6 Å². The van der Waals surface area contributed by atoms with Gasteiger partial charge in [0, 0.05) is 41.0 Å². The van der Waals surface area contributed by atoms with Crippen molar-refractivity contribution >= 4 is 17.6 Å². The number of piperidine rings is 2. The fourth-order valence-corrected chi connectivity index (χ4v) is 7.45. The zero-order chi connectivity index (χ0) is 31.7. The van der Waals surface area contributed by atoms with Crippen molar-refractivity contribution in [1.29, 1.82) is 0 Å². The standard InChI is InChI=1S/C35H41F2N5O3/c1-20-28(5-4-6-31(20)45-3)35(44)41-25-17-26-8-9-27(18-25)42(26)32-10-7-23(19-39-32)34(43)40-21(2)33-29(36)15-24(16-30(33)37)22-11-13-38-14-12-22/h4-7,10,15-16,19,21-22,25-27,38H,8-9,11-14,17-18H2,1-3H3,(H,40,43)(H,41,44)/t21?,25-,26+,27-. The summed E-state index contributed by atoms with van der Waals surface area (Å²) in [7, 11) is 1.60. The van der Waals surface area contributed by atoms with Gasteiger partial charge in [0.05, 0.1) is 18.7 Å². The summed E-state index contributed by atoms with van der Waals surface area (Å²) in [6, 6.07) is 11.5. The van der Waals surface area contributed by atoms with E-state index in [9.17, 15) is 9.59 Å². The number of carbonyl (C=O) groups excluding carboxylic acids is 2. The Kier molecular flexibility index (Phi) is 9.03. The fraction of sp³-hybridized carbons (Fsp3) is 0.457. The van der Waals surface area contributed by atoms with Crippen LogP contribution in [0.5, 0.6) is 5.75 Å². The van der Waals surface area contributed by atoms with Crippen molar-refractivity contribution in [3.05, 3.63) is 88.1 Å². The third-order valence-corrected chi connectivity index (χ3v) is 9.78. The highest BCUT2D eigenvalue weighted by Crippen LogP contribution is 2.39. The van der Waals surface area contributed by atoms with Crippen LogP contribution in [0.3, 0.4) is 0 Å². The fourth-order valence-electron chi connectivity index (χ4n) is 7.45. The molecule has 3 aliphatic rings. The number of rotatable bonds is 8. The minimum atomic E-state index is -0.856. The van der Waals surface area contributed by atoms with Gasteiger partial charge in [-0.15, -0.1) is 0 Å². The van der Waals surface area contributed by atoms with Gasteiger partial charge in [0.15, 0.2) is 0 Å². The van der Waals surface area contributed by atoms with E-state index in [1.807, 2.05) is 31.2 Å². The van der Waals surface area contributed by atoms with Gasteiger partial charge < -0.3 is 25.6 Å². The minimum absolute atomic E-state index is 0.0536. The molecule has 2 amide bonds. The van der Waals surface area contributed by atoms with E-state index in [1.165, 1.54) is 18.3 Å². The lowest BCUT2D eigenvalue weighted by molar-refractivity contribution is 0.0922. The number of fused-ring (bicyclic) bond motifs is 2. The van der Waals surface area contributed by atoms with Gasteiger partial charge in [-0.2, -0.15) is 0 Å². The molecule has 3 aliphatic heterocycles. The smallest absolute Gasteiger partial charge is 0.253 e. The topological polar surface area (TPSA) is 95.6 Å². The molecule has 45 heavy (non-hydrogen) atoms. The van der Waals surface area contributed by atoms with E-state index in [2.05, 4.69) is 25.8 Å². The van der Waals surface area contributed by atoms with Crippen molar-refractivity contribution in [3.8, 4) is 5.75 Å². The van der Waals surface area contributed by atoms with Crippen molar-refractivity contribution in [2.45, 2.75) is 82.5 Å². The number of ether oxygens (including phenoxy) is 1. The van der Waals surface area contributed by atoms with E-state index in [4.69, 9.17) is 4.74 Å². The molecule has 4 atom stereocenters. The monoisotopic (exact) mass is 617 g/mol. The van der Waals surface area contributed by atoms with Crippen LogP contribution in [0.25, 0.3) is 0 Å². The summed E-state index contributed by atoms with van der Waals surface area (Å²) in [4.78, 5) is 33.1. The number of nitrogens with one attached hydrogen (secondary N) is 3. The number of hydrogen-bond acceptors (Lipinski definition) is 6. The van der Waals surface area contributed by atoms with Crippen molar-refractivity contribution in [2.24, 2.45) is 0 Å². The molecule has 1 unspecified atom stereocenters. The Balaban J connectivity index is 1.07. The SMILES string of the molecule is COc1cccc(C(=O)N[C@H]2C[C@H]3CC[C@@H](C2)N3c2ccc(C(=O)NC(C)c3c(F)cc(C4CCNCC4)cc3F)cn2)c1C. The summed E-state index contributed by atoms with van der Waals surface area (Å²) in [6.45, 7) is 5.14. The van der Waals surface area contributed by atoms with Crippen LogP contribution in [0.1, 0.15) is 94.8 Å². The Labute approximate surface area is 262 Å². The van der Waals surface area contributed by atoms with Crippen LogP contribution in [0.2, 0.25) is 0 Å². The number of benzene rings is 2. The molecular weight excluding hydrogens is 576 g/mol. The molecule has 2 bridgehead atoms. The van der Waals surface area contributed by atoms with E-state index >= 15 is 8.78 Å². The van der Waals surface area contributed by atoms with E-state index in [0.29, 0.717) is 22.4 Å². The van der Waals surface area contributed by atoms with Gasteiger partial charge >= 0.3 is 0 Å². The van der Waals surface area contributed by atoms with Crippen molar-refractivity contribution in [3.63, 3.8) is 0 Å². The molecule has 238 valence electrons. The zero-order valence-corrected chi connectivity index (χ0v) is 26.0. The molecule has 3 fully saturated rings. The molecule has 2 aromatic carbocycles. The Morgan fingerprint density at radius 3 is 2.31 bits per heavy atom. The summed E-state index contributed by atoms with van der Waals surface area (Å²) in [6.07, 6.45) is 6.82. The first kappa shape index (κ1) is 31.0. The lowest BCUT2D eigenvalue weighted by Crippen LogP contribution is -2.50. The van der Waals surface area contributed by atoms with Crippen molar-refractivity contribution in [1.82, 2.24) is 20.9 Å². The lowest BCUT2D eigenvalue weighted by Gasteiger charge is -2.40. The summed E-state index contributed by atoms with van der Waals surface area (Å²) in [5.41, 5.74) is 2.29. The van der Waals surface area contributed by atoms with Crippen LogP contribution < -0.4 is 25.6 Å². The number of anilines is 1. The largest absolute Gasteiger partial charge is 0.496 e. The minimum Gasteiger partial charge on any atom is -0.496 e. The number of carbonyl (C=O) groups is 2. The first-order valence-corrected chi connectivity index (χ1v) is 15.9. The number of amides is 2. The maximum atomic E-state index is 15.1. The Morgan fingerprint density at radius 2 is 1.69 bits per heavy atom. The third kappa shape index (κ3) is 6.38. The van der Waals surface area contributed by atoms with Gasteiger partial charge in [0.1, 0.15) is 23.2 Å². The molecule has 8 nitrogen and oxygen atoms in total. The van der Waals surface area contributed by atoms with Crippen LogP contribution >= 0.6 is 0 Å². The Bertz CT molecular complexity index is 1520. The van der Waals surface area contributed by atoms with E-state index in [0.717, 1.165) is 63.0 Å². The van der Waals surface area contributed by atoms with Gasteiger partial charge in [-0.1, -0.05) is 6.07 Å². The van der Waals surface area contributed by atoms with Crippen LogP contribution in [-0.4, -0.2) is 55.1 Å². The van der Waals surface area contributed by atoms with Crippen LogP contribution in [0.15, 0.2) is 48.7 Å². The first-order chi connectivity index (χ1) is 21.7. The van der Waals surface area contributed by atoms with Gasteiger partial charge in [-0.05, 0) is 113 Å². The summed E-state index contributed by atoms with van der Waals surface area (Å²) >= 11 is 0. The highest BCUT2D eigenvalue weighted by molar-refractivity contribution is 5.96. The highest BCUT2D eigenvalue weighted by atomic mass is 19.1. The van der Waals surface area contributed by atoms with Gasteiger partial charge in [-0.3, -0.25) is 9.59 Å². The summed E-state index contributed by atoms with van der Waals surface area (Å²) < 4.78 is 35.6. The summed E-state index contributed by atoms with van der Waals surface area (Å²) in [5.74, 6) is -0.217. The zero-order valence-electron chi connectivity index (χ0n) is 26.0. The molecule has 4 heterocycles. The van der Waals surface area contributed by atoms with E-state index in [1.54, 1.807) is 20.1 Å². The summed E-state index contributed by atoms with van der Waals surface area (Å²) in [5, 5.41) is 9.24. The molecule has 3 saturated heterocycles. The number of pyridine rings is 1. The Morgan fingerprint density at radius 1 is 1.00 bits per heavy atom. The van der Waals surface area contributed by atoms with Gasteiger partial charge in [0.25, 0.3) is 11.8 Å². The third-order valence-electron chi connectivity index (χ3n) is 9.78. The van der Waals surface area contributed by atoms with E-state index in [-0.39, 0.29) is 35.5 Å². The van der Waals surface area contributed by atoms with Crippen LogP contribution in [0.4, 0.5) is 14.6 Å². The highest BCUT2D eigenvalue weighted by Gasteiger charge is 2.42. The second-order valence-corrected chi connectivity index (χ2v) is 12.6. The number of methoxy groups -OCH3 is 1. The normalized spacial score (nSPS) is 22.2. The molecule has 0 radical (unpaired) electrons. The number of aromatic nitrogens is 1. The Hall–Kier alpha value is -4.05. The second kappa shape index (κ2) is 13.1. The maximum Gasteiger partial charge on any atom is 0.253 e. The molecular formula is C35H41F2N5O3. The maximum absolute atomic E-state index is 15.1. The first-order valence-electron chi connectivity index (χ1n) is 15.9. The molecule has 3 N–H and O–H groups in total. The van der Waals surface area contributed by atoms with Gasteiger partial charge in [-0.25, -0.2) is 13.8 Å². The average molecular weight is 618 g/mol. The predicted molar refractivity (Wildman–Crippen MR) is 169 cm³/mol. The number of hydrogen-bond donors (Lipinski definition) is 3. The number of halogens is 2. The van der Waals surface area contributed by atoms with Crippen LogP contribution in [-0.2, 0) is 0 Å². The molecule has 6 rings (SSSR count). The predicted octanol–water partition coefficient (Wildman–Crippen LogP) is 5.56. The second-order valence-electron chi connectivity index (χ2n) is 12.6. The number of nitrogens with zero attached hydrogens (tertiary/aromatic N) is 2.